The number of rotatable bonds is 14. The van der Waals surface area contributed by atoms with E-state index < -0.39 is 98.0 Å². The number of nitrogens with zero attached hydrogens (tertiary/aromatic N) is 2. The van der Waals surface area contributed by atoms with Crippen LogP contribution < -0.4 is 33.3 Å². The molecule has 2 aliphatic rings. The maximum absolute atomic E-state index is 12.7. The molecule has 0 bridgehead atoms. The largest absolute Gasteiger partial charge is 0.400 e. The summed E-state index contributed by atoms with van der Waals surface area (Å²) in [6, 6.07) is 2.31. The van der Waals surface area contributed by atoms with Gasteiger partial charge in [0.2, 0.25) is 0 Å². The van der Waals surface area contributed by atoms with Crippen LogP contribution >= 0.6 is 33.1 Å². The van der Waals surface area contributed by atoms with Gasteiger partial charge in [-0.3, -0.25) is 33.3 Å². The summed E-state index contributed by atoms with van der Waals surface area (Å²) in [6.45, 7) is -0.00449. The molecule has 8 N–H and O–H groups in total. The lowest BCUT2D eigenvalue weighted by atomic mass is 10.1. The fraction of sp³-hybridized carbons (Fsp3) is 0.692. The van der Waals surface area contributed by atoms with Gasteiger partial charge in [0.1, 0.15) is 36.6 Å². The lowest BCUT2D eigenvalue weighted by Crippen LogP contribution is -2.41. The number of nitrogens with one attached hydrogen (secondary N) is 3. The molecule has 0 amide bonds. The zero-order valence-corrected chi connectivity index (χ0v) is 33.3. The van der Waals surface area contributed by atoms with E-state index in [1.807, 2.05) is 5.09 Å². The Morgan fingerprint density at radius 1 is 0.846 bits per heavy atom. The molecule has 0 aliphatic carbocycles. The van der Waals surface area contributed by atoms with E-state index in [1.165, 1.54) is 37.2 Å². The van der Waals surface area contributed by atoms with Crippen molar-refractivity contribution < 1.29 is 51.8 Å². The Labute approximate surface area is 307 Å². The minimum atomic E-state index is -4.58. The molecule has 0 spiro atoms. The Balaban J connectivity index is 0.000000284. The Hall–Kier alpha value is -1.62. The first-order valence-electron chi connectivity index (χ1n) is 15.6. The van der Waals surface area contributed by atoms with Crippen LogP contribution in [0.3, 0.4) is 0 Å². The highest BCUT2D eigenvalue weighted by atomic mass is 32.7. The molecular formula is C26H45N6O15P3S2. The summed E-state index contributed by atoms with van der Waals surface area (Å²) < 4.78 is 59.8. The van der Waals surface area contributed by atoms with E-state index in [-0.39, 0.29) is 18.7 Å². The van der Waals surface area contributed by atoms with E-state index in [2.05, 4.69) is 22.2 Å². The van der Waals surface area contributed by atoms with Gasteiger partial charge in [0.15, 0.2) is 18.9 Å². The highest BCUT2D eigenvalue weighted by Crippen LogP contribution is 2.59. The average Bonchev–Trinajstić information content (AvgIpc) is 3.55. The lowest BCUT2D eigenvalue weighted by molar-refractivity contribution is -0.0524. The van der Waals surface area contributed by atoms with Gasteiger partial charge in [-0.25, -0.2) is 19.2 Å². The highest BCUT2D eigenvalue weighted by molar-refractivity contribution is 8.46. The molecule has 4 unspecified atom stereocenters. The summed E-state index contributed by atoms with van der Waals surface area (Å²) >= 11 is 9.27. The number of methoxy groups -OCH3 is 2. The van der Waals surface area contributed by atoms with Crippen molar-refractivity contribution in [2.24, 2.45) is 5.73 Å². The van der Waals surface area contributed by atoms with Crippen LogP contribution in [0.4, 0.5) is 0 Å². The molecule has 0 aromatic carbocycles. The molecule has 0 saturated carbocycles. The number of aromatic nitrogens is 4. The summed E-state index contributed by atoms with van der Waals surface area (Å²) in [4.78, 5) is 79.4. The van der Waals surface area contributed by atoms with Crippen molar-refractivity contribution >= 4 is 44.9 Å². The maximum Gasteiger partial charge on any atom is 0.400 e. The third kappa shape index (κ3) is 11.2. The zero-order chi connectivity index (χ0) is 39.3. The van der Waals surface area contributed by atoms with E-state index in [0.29, 0.717) is 0 Å². The van der Waals surface area contributed by atoms with Crippen LogP contribution in [-0.4, -0.2) is 109 Å². The fourth-order valence-electron chi connectivity index (χ4n) is 5.03. The predicted octanol–water partition coefficient (Wildman–Crippen LogP) is -0.449. The molecule has 2 fully saturated rings. The van der Waals surface area contributed by atoms with E-state index in [4.69, 9.17) is 55.3 Å². The fourth-order valence-corrected chi connectivity index (χ4v) is 7.77. The SMILES string of the molecule is COC1[C@@H](OP(=O)(S)C(C)C)[C@@H](CNP(=O)(O)O)O[C@H]1n1ccc(=O)[nH]c1=O.COC1[C@@H](OP(O)(=S)C(C)C)[C@@H](CN)O[C@H]1n1ccc(=O)[nH]c1=O. The summed E-state index contributed by atoms with van der Waals surface area (Å²) in [6.07, 6.45) is -4.64. The molecule has 26 heteroatoms. The molecule has 21 nitrogen and oxygen atoms in total. The van der Waals surface area contributed by atoms with Gasteiger partial charge in [-0.1, -0.05) is 39.9 Å². The van der Waals surface area contributed by atoms with Crippen molar-refractivity contribution in [3.63, 3.8) is 0 Å². The first-order chi connectivity index (χ1) is 24.1. The number of hydrogen-bond acceptors (Lipinski definition) is 14. The number of hydrogen-bond donors (Lipinski definition) is 8. The monoisotopic (exact) mass is 838 g/mol. The van der Waals surface area contributed by atoms with Crippen molar-refractivity contribution in [1.29, 1.82) is 0 Å². The third-order valence-corrected chi connectivity index (χ3v) is 15.4. The minimum absolute atomic E-state index is 0.0898. The summed E-state index contributed by atoms with van der Waals surface area (Å²) in [5, 5.41) is 2.00. The number of H-pyrrole nitrogens is 2. The molecule has 4 rings (SSSR count). The predicted molar refractivity (Wildman–Crippen MR) is 194 cm³/mol. The van der Waals surface area contributed by atoms with E-state index >= 15 is 0 Å². The average molecular weight is 839 g/mol. The zero-order valence-electron chi connectivity index (χ0n) is 28.9. The lowest BCUT2D eigenvalue weighted by Gasteiger charge is -2.29. The molecule has 2 saturated heterocycles. The Morgan fingerprint density at radius 3 is 1.65 bits per heavy atom. The van der Waals surface area contributed by atoms with Gasteiger partial charge in [0.05, 0.1) is 0 Å². The van der Waals surface area contributed by atoms with Crippen molar-refractivity contribution in [3.8, 4) is 0 Å². The number of ether oxygens (including phenoxy) is 4. The van der Waals surface area contributed by atoms with Crippen molar-refractivity contribution in [1.82, 2.24) is 24.2 Å². The van der Waals surface area contributed by atoms with Gasteiger partial charge in [0.25, 0.3) is 17.7 Å². The Bertz CT molecular complexity index is 1900. The molecule has 2 aromatic rings. The molecule has 4 heterocycles. The van der Waals surface area contributed by atoms with E-state index in [9.17, 15) is 33.2 Å². The first-order valence-corrected chi connectivity index (χ1v) is 22.8. The van der Waals surface area contributed by atoms with Crippen molar-refractivity contribution in [2.75, 3.05) is 27.3 Å². The van der Waals surface area contributed by atoms with Crippen LogP contribution in [0.25, 0.3) is 0 Å². The smallest absolute Gasteiger partial charge is 0.374 e. The second-order valence-electron chi connectivity index (χ2n) is 12.2. The Morgan fingerprint density at radius 2 is 1.29 bits per heavy atom. The van der Waals surface area contributed by atoms with E-state index in [0.717, 1.165) is 10.6 Å². The van der Waals surface area contributed by atoms with Crippen LogP contribution in [0.5, 0.6) is 0 Å². The van der Waals surface area contributed by atoms with E-state index in [1.54, 1.807) is 27.7 Å². The molecule has 2 aromatic heterocycles. The summed E-state index contributed by atoms with van der Waals surface area (Å²) in [7, 11) is -1.84. The third-order valence-electron chi connectivity index (χ3n) is 7.95. The topological polar surface area (TPSA) is 298 Å². The molecule has 296 valence electrons. The van der Waals surface area contributed by atoms with Gasteiger partial charge < -0.3 is 48.4 Å². The molecule has 0 radical (unpaired) electrons. The number of nitrogens with two attached hydrogens (primary N) is 1. The maximum atomic E-state index is 12.7. The van der Waals surface area contributed by atoms with Gasteiger partial charge in [-0.05, 0) is 11.8 Å². The number of aromatic amines is 2. The quantitative estimate of drug-likeness (QED) is 0.0883. The van der Waals surface area contributed by atoms with Gasteiger partial charge in [0, 0.05) is 63.2 Å². The minimum Gasteiger partial charge on any atom is -0.374 e. The summed E-state index contributed by atoms with van der Waals surface area (Å²) in [5.74, 6) is 0. The van der Waals surface area contributed by atoms with Gasteiger partial charge in [-0.2, -0.15) is 0 Å². The van der Waals surface area contributed by atoms with Crippen LogP contribution in [0.1, 0.15) is 40.2 Å². The van der Waals surface area contributed by atoms with Crippen LogP contribution in [0, 0.1) is 0 Å². The van der Waals surface area contributed by atoms with Crippen LogP contribution in [0.2, 0.25) is 0 Å². The molecular weight excluding hydrogens is 793 g/mol. The highest BCUT2D eigenvalue weighted by Gasteiger charge is 2.51. The molecule has 52 heavy (non-hydrogen) atoms. The van der Waals surface area contributed by atoms with Crippen LogP contribution in [0.15, 0.2) is 43.7 Å². The summed E-state index contributed by atoms with van der Waals surface area (Å²) in [5.41, 5.74) is 2.47. The first kappa shape index (κ1) is 44.8. The molecule has 10 atom stereocenters. The standard InChI is InChI=1S/C13H23N3O9P2S.C13H22N3O6PS/c1-7(2)26(19,28)25-10-8(6-14-27(20,21)22)24-12(11(10)23-3)16-5-4-9(17)15-13(16)18;1-7(2)23(19,24)22-10-8(6-14)21-12(11(10)20-3)16-5-4-9(17)15-13(16)18/h4-5,7-8,10-12H,6H2,1-3H3,(H,19,28)(H,15,17,18)(H3,14,20,21,22);4-5,7-8,10-12H,6,14H2,1-3H3,(H,19,24)(H,15,17,18)/t8-,10+,11?,12-,26?;8-,10+,11?,12-,23?/m11/s1. The normalized spacial score (nSPS) is 28.7. The molecule has 2 aliphatic heterocycles. The van der Waals surface area contributed by atoms with Crippen molar-refractivity contribution in [3.05, 3.63) is 66.2 Å². The second-order valence-corrected chi connectivity index (χ2v) is 21.6. The van der Waals surface area contributed by atoms with Crippen molar-refractivity contribution in [2.45, 2.75) is 88.1 Å². The van der Waals surface area contributed by atoms with Crippen LogP contribution in [-0.2, 0) is 48.9 Å². The van der Waals surface area contributed by atoms with Gasteiger partial charge >= 0.3 is 19.1 Å². The second kappa shape index (κ2) is 18.3. The van der Waals surface area contributed by atoms with Gasteiger partial charge in [-0.15, -0.1) is 0 Å². The Kier molecular flexibility index (Phi) is 15.8. The number of thiol groups is 1.